The molecule has 0 N–H and O–H groups in total. The molecule has 0 bridgehead atoms. The highest BCUT2D eigenvalue weighted by atomic mass is 16.7. The Bertz CT molecular complexity index is 3670. The van der Waals surface area contributed by atoms with E-state index in [0.717, 1.165) is 159 Å². The van der Waals surface area contributed by atoms with Crippen molar-refractivity contribution >= 4 is 0 Å². The summed E-state index contributed by atoms with van der Waals surface area (Å²) in [6.07, 6.45) is 92.7. The Labute approximate surface area is 674 Å². The molecule has 23 aliphatic carbocycles. The van der Waals surface area contributed by atoms with Crippen molar-refractivity contribution in [3.63, 3.8) is 0 Å². The molecule has 2 heteroatoms. The molecule has 20 fully saturated rings. The van der Waals surface area contributed by atoms with Crippen molar-refractivity contribution in [2.24, 2.45) is 178 Å². The number of hydrogen-bond donors (Lipinski definition) is 0. The maximum absolute atomic E-state index is 6.28. The Morgan fingerprint density at radius 3 is 1.50 bits per heavy atom. The lowest BCUT2D eigenvalue weighted by Crippen LogP contribution is -2.55. The first-order chi connectivity index (χ1) is 53.1. The van der Waals surface area contributed by atoms with Gasteiger partial charge in [0, 0.05) is 12.8 Å². The fourth-order valence-electron chi connectivity index (χ4n) is 39.3. The van der Waals surface area contributed by atoms with Crippen molar-refractivity contribution in [2.45, 2.75) is 401 Å². The normalized spacial score (nSPS) is 54.8. The van der Waals surface area contributed by atoms with Gasteiger partial charge in [-0.3, -0.25) is 0 Å². The summed E-state index contributed by atoms with van der Waals surface area (Å²) in [5, 5.41) is 0. The highest BCUT2D eigenvalue weighted by molar-refractivity contribution is 5.45. The molecule has 1 heterocycles. The molecule has 0 amide bonds. The van der Waals surface area contributed by atoms with E-state index in [9.17, 15) is 0 Å². The first kappa shape index (κ1) is 75.6. The lowest BCUT2D eigenvalue weighted by molar-refractivity contribution is -0.234. The third kappa shape index (κ3) is 11.7. The second-order valence-corrected chi connectivity index (χ2v) is 48.8. The van der Waals surface area contributed by atoms with Gasteiger partial charge in [0.05, 0.1) is 12.7 Å². The lowest BCUT2D eigenvalue weighted by atomic mass is 9.43. The summed E-state index contributed by atoms with van der Waals surface area (Å²) in [5.74, 6) is 22.0. The SMILES string of the molecule is C[C@@H]1CO[C@@]2(CC[C@]3(C)C4CC[C@]5(C)CCCC5C4CC[C@H]3C2)O1.C[C@@]12C3=CC=C[C@H]1CCC2C1CC[C@H]2CCCC[C@]2(C)C1C3.C[C@@]12CCCC1C1CC[C@H]3CC4(CC4)CC[C@]3(C)C1CC2.C[C@]12CCCC[C@@H]1CCC1C3CC[C@@H]4C=CC=C[C@]34CCC12.C[C@]12CCCC[C@@H]1CCC1C3CCc4cccc(c43)CC12. The third-order valence-electron chi connectivity index (χ3n) is 45.5. The largest absolute Gasteiger partial charge is 0.347 e. The van der Waals surface area contributed by atoms with Crippen molar-refractivity contribution in [3.05, 3.63) is 83.0 Å². The maximum atomic E-state index is 6.28. The third-order valence-corrected chi connectivity index (χ3v) is 45.5. The molecule has 0 radical (unpaired) electrons. The summed E-state index contributed by atoms with van der Waals surface area (Å²) < 4.78 is 12.5. The van der Waals surface area contributed by atoms with Crippen molar-refractivity contribution in [2.75, 3.05) is 6.61 Å². The van der Waals surface area contributed by atoms with Gasteiger partial charge in [-0.15, -0.1) is 0 Å². The monoisotopic (exact) mass is 1490 g/mol. The van der Waals surface area contributed by atoms with Gasteiger partial charge in [0.2, 0.25) is 0 Å². The molecule has 24 aliphatic rings. The molecule has 0 aromatic heterocycles. The number of hydrogen-bond acceptors (Lipinski definition) is 2. The van der Waals surface area contributed by atoms with E-state index in [4.69, 9.17) is 9.47 Å². The molecule has 1 aromatic rings. The summed E-state index contributed by atoms with van der Waals surface area (Å²) in [6.45, 7) is 24.3. The van der Waals surface area contributed by atoms with E-state index in [0.29, 0.717) is 44.0 Å². The molecule has 15 unspecified atom stereocenters. The van der Waals surface area contributed by atoms with Crippen LogP contribution in [0.3, 0.4) is 0 Å². The van der Waals surface area contributed by atoms with Gasteiger partial charge in [0.15, 0.2) is 5.79 Å². The zero-order valence-electron chi connectivity index (χ0n) is 72.4. The van der Waals surface area contributed by atoms with Gasteiger partial charge in [0.25, 0.3) is 0 Å². The molecule has 19 saturated carbocycles. The molecule has 606 valence electrons. The van der Waals surface area contributed by atoms with Crippen LogP contribution in [0.4, 0.5) is 0 Å². The molecular weight excluding hydrogens is 1330 g/mol. The van der Waals surface area contributed by atoms with Gasteiger partial charge in [-0.25, -0.2) is 0 Å². The lowest BCUT2D eigenvalue weighted by Gasteiger charge is -2.61. The first-order valence-corrected chi connectivity index (χ1v) is 50.3. The van der Waals surface area contributed by atoms with E-state index in [1.165, 1.54) is 212 Å². The molecule has 1 aromatic carbocycles. The van der Waals surface area contributed by atoms with Crippen molar-refractivity contribution in [3.8, 4) is 0 Å². The van der Waals surface area contributed by atoms with Crippen LogP contribution in [0.2, 0.25) is 0 Å². The second-order valence-electron chi connectivity index (χ2n) is 48.8. The Kier molecular flexibility index (Phi) is 19.1. The topological polar surface area (TPSA) is 18.5 Å². The fraction of sp³-hybridized carbons (Fsp3) is 0.870. The minimum Gasteiger partial charge on any atom is -0.347 e. The summed E-state index contributed by atoms with van der Waals surface area (Å²) in [4.78, 5) is 0. The first-order valence-electron chi connectivity index (χ1n) is 50.3. The summed E-state index contributed by atoms with van der Waals surface area (Å²) in [5.41, 5.74) is 13.8. The van der Waals surface area contributed by atoms with Gasteiger partial charge >= 0.3 is 0 Å². The quantitative estimate of drug-likeness (QED) is 0.258. The van der Waals surface area contributed by atoms with Crippen LogP contribution in [0, 0.1) is 178 Å². The van der Waals surface area contributed by atoms with Crippen LogP contribution >= 0.6 is 0 Å². The minimum atomic E-state index is -0.215. The number of allylic oxidation sites excluding steroid dienone is 8. The standard InChI is InChI=1S/C22H36O2.2C22H32.C21H34.C21H28/c1-15-14-23-22(24-15)12-11-21(3)16(13-22)6-7-17-18-5-4-9-20(18,2)10-8-19(17)21;1-21-13-4-3-6-15(21)9-11-18-19-12-10-16-7-5-8-17(14-20(18)21)22(16,19)2;1-21-13-4-2-6-16(21)8-10-18-19(21)12-15-22-14-5-3-7-17(22)9-11-20(18)22;1-19-8-3-4-17(19)16-6-5-15-14-21(12-13-21)11-10-20(15,2)18(16)7-9-19;1-21-12-3-2-7-16(21)9-11-17-18-10-8-14-5-4-6-15(20(14)18)13-19(17)21/h15-19H,4-14H2,1-3H3;5,7-8,15-16,18-20H,3-4,6,9-14H2,1-2H3;3,5,7,14,16-20H,2,4,6,8-13,15H2,1H3;15-18H,3-14H2,1-2H3;4-6,16-19H,2-3,7-13H2,1H3/t15-,16+,17?,18?,19?,20+,21+,22+;15-,16+,18?,19?,20?,21+,22+;16-,17+,18?,19?,20?,21+,22-;15-,16?,17?,18?,19-,20-;16-,17?,18?,19?,21+/m11101/s1. The van der Waals surface area contributed by atoms with Gasteiger partial charge in [-0.2, -0.15) is 0 Å². The van der Waals surface area contributed by atoms with Gasteiger partial charge in [0.1, 0.15) is 0 Å². The van der Waals surface area contributed by atoms with Crippen molar-refractivity contribution in [1.82, 2.24) is 0 Å². The predicted octanol–water partition coefficient (Wildman–Crippen LogP) is 29.5. The average molecular weight is 1490 g/mol. The molecule has 33 atom stereocenters. The predicted molar refractivity (Wildman–Crippen MR) is 456 cm³/mol. The summed E-state index contributed by atoms with van der Waals surface area (Å²) >= 11 is 0. The summed E-state index contributed by atoms with van der Waals surface area (Å²) in [7, 11) is 0. The fourth-order valence-corrected chi connectivity index (χ4v) is 39.3. The Hall–Kier alpha value is -1.90. The number of fused-ring (bicyclic) bond motifs is 22. The molecule has 1 saturated heterocycles. The number of ether oxygens (including phenoxy) is 2. The number of aryl methyl sites for hydroxylation is 1. The van der Waals surface area contributed by atoms with Crippen LogP contribution in [-0.4, -0.2) is 18.5 Å². The molecule has 110 heavy (non-hydrogen) atoms. The Balaban J connectivity index is 0.0000000874. The van der Waals surface area contributed by atoms with Crippen LogP contribution in [0.15, 0.2) is 66.3 Å². The van der Waals surface area contributed by atoms with E-state index in [2.05, 4.69) is 123 Å². The van der Waals surface area contributed by atoms with E-state index in [1.54, 1.807) is 114 Å². The maximum Gasteiger partial charge on any atom is 0.169 e. The van der Waals surface area contributed by atoms with E-state index >= 15 is 0 Å². The van der Waals surface area contributed by atoms with Crippen LogP contribution in [0.5, 0.6) is 0 Å². The van der Waals surface area contributed by atoms with Crippen LogP contribution in [0.25, 0.3) is 0 Å². The van der Waals surface area contributed by atoms with Crippen LogP contribution in [0.1, 0.15) is 393 Å². The zero-order valence-corrected chi connectivity index (χ0v) is 72.4. The molecule has 2 nitrogen and oxygen atoms in total. The van der Waals surface area contributed by atoms with E-state index < -0.39 is 0 Å². The number of rotatable bonds is 0. The van der Waals surface area contributed by atoms with Crippen molar-refractivity contribution in [1.29, 1.82) is 0 Å². The second kappa shape index (κ2) is 27.8. The minimum absolute atomic E-state index is 0.215. The van der Waals surface area contributed by atoms with Crippen LogP contribution < -0.4 is 0 Å². The van der Waals surface area contributed by atoms with E-state index in [-0.39, 0.29) is 5.79 Å². The van der Waals surface area contributed by atoms with Gasteiger partial charge in [-0.1, -0.05) is 173 Å². The molecular formula is C108H162O2. The summed E-state index contributed by atoms with van der Waals surface area (Å²) in [6, 6.07) is 7.21. The molecule has 25 rings (SSSR count). The highest BCUT2D eigenvalue weighted by Gasteiger charge is 2.67. The zero-order chi connectivity index (χ0) is 74.6. The Morgan fingerprint density at radius 2 is 0.873 bits per heavy atom. The highest BCUT2D eigenvalue weighted by Crippen LogP contribution is 2.75. The van der Waals surface area contributed by atoms with Crippen LogP contribution in [-0.2, 0) is 22.3 Å². The van der Waals surface area contributed by atoms with Gasteiger partial charge < -0.3 is 9.47 Å². The smallest absolute Gasteiger partial charge is 0.169 e. The van der Waals surface area contributed by atoms with E-state index in [1.807, 2.05) is 11.1 Å². The van der Waals surface area contributed by atoms with Crippen molar-refractivity contribution < 1.29 is 9.47 Å². The number of benzene rings is 1. The average Bonchev–Trinajstić information content (AvgIpc) is 1.44. The molecule has 3 spiro atoms. The van der Waals surface area contributed by atoms with Gasteiger partial charge in [-0.05, 0) is 465 Å². The Morgan fingerprint density at radius 1 is 0.355 bits per heavy atom. The molecule has 1 aliphatic heterocycles.